The van der Waals surface area contributed by atoms with Gasteiger partial charge in [-0.15, -0.1) is 11.3 Å². The third kappa shape index (κ3) is 7.15. The van der Waals surface area contributed by atoms with Crippen molar-refractivity contribution in [2.75, 3.05) is 19.6 Å². The third-order valence-corrected chi connectivity index (χ3v) is 3.59. The van der Waals surface area contributed by atoms with Crippen LogP contribution in [0.5, 0.6) is 0 Å². The second kappa shape index (κ2) is 8.91. The normalized spacial score (nSPS) is 11.9. The van der Waals surface area contributed by atoms with Crippen LogP contribution in [0.3, 0.4) is 0 Å². The van der Waals surface area contributed by atoms with E-state index in [1.54, 1.807) is 11.3 Å². The smallest absolute Gasteiger partial charge is 0.191 e. The minimum atomic E-state index is 0.699. The largest absolute Gasteiger partial charge is 0.357 e. The Bertz CT molecular complexity index is 385. The summed E-state index contributed by atoms with van der Waals surface area (Å²) in [5, 5.41) is 7.81. The Morgan fingerprint density at radius 2 is 2.21 bits per heavy atom. The van der Waals surface area contributed by atoms with E-state index in [1.807, 2.05) is 6.20 Å². The minimum absolute atomic E-state index is 0.699. The van der Waals surface area contributed by atoms with Crippen molar-refractivity contribution in [1.82, 2.24) is 15.6 Å². The summed E-state index contributed by atoms with van der Waals surface area (Å²) in [5.74, 6) is 1.61. The molecule has 5 heteroatoms. The van der Waals surface area contributed by atoms with Crippen LogP contribution in [0.4, 0.5) is 0 Å². The van der Waals surface area contributed by atoms with Gasteiger partial charge < -0.3 is 10.6 Å². The second-order valence-corrected chi connectivity index (χ2v) is 6.30. The van der Waals surface area contributed by atoms with Gasteiger partial charge in [0.15, 0.2) is 5.96 Å². The standard InChI is InChI=1S/C14H26N4S/c1-5-15-14(16-8-6-11(2)3)17-9-7-13-18-10-12(4)19-13/h10-11H,5-9H2,1-4H3,(H2,15,16,17). The minimum Gasteiger partial charge on any atom is -0.357 e. The number of aromatic nitrogens is 1. The Morgan fingerprint density at radius 3 is 2.79 bits per heavy atom. The number of guanidine groups is 1. The van der Waals surface area contributed by atoms with Crippen molar-refractivity contribution >= 4 is 17.3 Å². The predicted molar refractivity (Wildman–Crippen MR) is 84.0 cm³/mol. The van der Waals surface area contributed by atoms with Crippen molar-refractivity contribution < 1.29 is 0 Å². The number of nitrogens with zero attached hydrogens (tertiary/aromatic N) is 2. The second-order valence-electron chi connectivity index (χ2n) is 4.98. The van der Waals surface area contributed by atoms with Gasteiger partial charge >= 0.3 is 0 Å². The average Bonchev–Trinajstić information content (AvgIpc) is 2.74. The number of thiazole rings is 1. The molecule has 108 valence electrons. The molecule has 1 aromatic heterocycles. The van der Waals surface area contributed by atoms with E-state index >= 15 is 0 Å². The number of aryl methyl sites for hydroxylation is 1. The van der Waals surface area contributed by atoms with Gasteiger partial charge in [-0.25, -0.2) is 4.98 Å². The van der Waals surface area contributed by atoms with Crippen molar-refractivity contribution in [1.29, 1.82) is 0 Å². The molecule has 1 heterocycles. The fourth-order valence-electron chi connectivity index (χ4n) is 1.58. The molecule has 0 bridgehead atoms. The lowest BCUT2D eigenvalue weighted by Crippen LogP contribution is -2.38. The first-order valence-corrected chi connectivity index (χ1v) is 7.87. The average molecular weight is 282 g/mol. The number of rotatable bonds is 7. The zero-order chi connectivity index (χ0) is 14.1. The van der Waals surface area contributed by atoms with Crippen molar-refractivity contribution in [3.05, 3.63) is 16.1 Å². The molecule has 0 atom stereocenters. The lowest BCUT2D eigenvalue weighted by Gasteiger charge is -2.11. The van der Waals surface area contributed by atoms with Gasteiger partial charge in [-0.2, -0.15) is 0 Å². The number of hydrogen-bond acceptors (Lipinski definition) is 3. The zero-order valence-electron chi connectivity index (χ0n) is 12.5. The summed E-state index contributed by atoms with van der Waals surface area (Å²) in [4.78, 5) is 10.2. The van der Waals surface area contributed by atoms with Gasteiger partial charge in [-0.1, -0.05) is 13.8 Å². The lowest BCUT2D eigenvalue weighted by atomic mass is 10.1. The van der Waals surface area contributed by atoms with Crippen LogP contribution in [0, 0.1) is 12.8 Å². The summed E-state index contributed by atoms with van der Waals surface area (Å²) in [6.45, 7) is 11.3. The van der Waals surface area contributed by atoms with Gasteiger partial charge in [0, 0.05) is 37.1 Å². The topological polar surface area (TPSA) is 49.3 Å². The molecule has 0 aromatic carbocycles. The Balaban J connectivity index is 2.32. The molecule has 0 aliphatic rings. The van der Waals surface area contributed by atoms with E-state index in [1.165, 1.54) is 9.88 Å². The van der Waals surface area contributed by atoms with Crippen LogP contribution in [0.15, 0.2) is 11.2 Å². The van der Waals surface area contributed by atoms with E-state index in [-0.39, 0.29) is 0 Å². The highest BCUT2D eigenvalue weighted by molar-refractivity contribution is 7.11. The molecule has 1 rings (SSSR count). The highest BCUT2D eigenvalue weighted by Gasteiger charge is 2.01. The molecule has 0 aliphatic carbocycles. The van der Waals surface area contributed by atoms with Crippen molar-refractivity contribution in [2.24, 2.45) is 10.9 Å². The number of hydrogen-bond donors (Lipinski definition) is 2. The van der Waals surface area contributed by atoms with Crippen LogP contribution in [0.1, 0.15) is 37.1 Å². The molecule has 0 amide bonds. The maximum atomic E-state index is 4.57. The van der Waals surface area contributed by atoms with E-state index in [2.05, 4.69) is 48.3 Å². The molecule has 0 saturated carbocycles. The molecular weight excluding hydrogens is 256 g/mol. The van der Waals surface area contributed by atoms with Crippen LogP contribution in [0.2, 0.25) is 0 Å². The van der Waals surface area contributed by atoms with Gasteiger partial charge in [0.2, 0.25) is 0 Å². The van der Waals surface area contributed by atoms with Gasteiger partial charge in [0.1, 0.15) is 0 Å². The molecule has 1 aromatic rings. The summed E-state index contributed by atoms with van der Waals surface area (Å²) in [7, 11) is 0. The van der Waals surface area contributed by atoms with E-state index < -0.39 is 0 Å². The highest BCUT2D eigenvalue weighted by atomic mass is 32.1. The van der Waals surface area contributed by atoms with Gasteiger partial charge in [-0.05, 0) is 26.2 Å². The zero-order valence-corrected chi connectivity index (χ0v) is 13.3. The van der Waals surface area contributed by atoms with E-state index in [0.717, 1.165) is 38.4 Å². The Labute approximate surface area is 120 Å². The monoisotopic (exact) mass is 282 g/mol. The van der Waals surface area contributed by atoms with Crippen LogP contribution >= 0.6 is 11.3 Å². The molecule has 0 spiro atoms. The summed E-state index contributed by atoms with van der Waals surface area (Å²) >= 11 is 1.76. The number of aliphatic imine (C=N–C) groups is 1. The van der Waals surface area contributed by atoms with Crippen LogP contribution in [-0.2, 0) is 6.42 Å². The molecule has 0 fully saturated rings. The van der Waals surface area contributed by atoms with E-state index in [0.29, 0.717) is 5.92 Å². The molecule has 2 N–H and O–H groups in total. The van der Waals surface area contributed by atoms with Crippen molar-refractivity contribution in [3.63, 3.8) is 0 Å². The Hall–Kier alpha value is -1.10. The maximum Gasteiger partial charge on any atom is 0.191 e. The third-order valence-electron chi connectivity index (χ3n) is 2.62. The molecule has 0 radical (unpaired) electrons. The predicted octanol–water partition coefficient (Wildman–Crippen LogP) is 2.60. The first kappa shape index (κ1) is 16.0. The fourth-order valence-corrected chi connectivity index (χ4v) is 2.37. The van der Waals surface area contributed by atoms with E-state index in [4.69, 9.17) is 0 Å². The van der Waals surface area contributed by atoms with Crippen LogP contribution < -0.4 is 10.6 Å². The lowest BCUT2D eigenvalue weighted by molar-refractivity contribution is 0.594. The van der Waals surface area contributed by atoms with Gasteiger partial charge in [-0.3, -0.25) is 4.99 Å². The Kier molecular flexibility index (Phi) is 7.48. The molecule has 19 heavy (non-hydrogen) atoms. The quantitative estimate of drug-likeness (QED) is 0.597. The molecule has 0 unspecified atom stereocenters. The molecule has 0 saturated heterocycles. The first-order valence-electron chi connectivity index (χ1n) is 7.05. The maximum absolute atomic E-state index is 4.57. The van der Waals surface area contributed by atoms with Gasteiger partial charge in [0.05, 0.1) is 5.01 Å². The number of nitrogens with one attached hydrogen (secondary N) is 2. The van der Waals surface area contributed by atoms with Crippen molar-refractivity contribution in [2.45, 2.75) is 40.5 Å². The summed E-state index contributed by atoms with van der Waals surface area (Å²) < 4.78 is 0. The highest BCUT2D eigenvalue weighted by Crippen LogP contribution is 2.10. The summed E-state index contributed by atoms with van der Waals surface area (Å²) in [5.41, 5.74) is 0. The first-order chi connectivity index (χ1) is 9.11. The molecular formula is C14H26N4S. The SMILES string of the molecule is CCNC(=NCCC(C)C)NCCc1ncc(C)s1. The van der Waals surface area contributed by atoms with Gasteiger partial charge in [0.25, 0.3) is 0 Å². The van der Waals surface area contributed by atoms with Crippen LogP contribution in [-0.4, -0.2) is 30.6 Å². The Morgan fingerprint density at radius 1 is 1.42 bits per heavy atom. The van der Waals surface area contributed by atoms with E-state index in [9.17, 15) is 0 Å². The van der Waals surface area contributed by atoms with Crippen LogP contribution in [0.25, 0.3) is 0 Å². The van der Waals surface area contributed by atoms with Crippen molar-refractivity contribution in [3.8, 4) is 0 Å². The summed E-state index contributed by atoms with van der Waals surface area (Å²) in [6, 6.07) is 0. The fraction of sp³-hybridized carbons (Fsp3) is 0.714. The summed E-state index contributed by atoms with van der Waals surface area (Å²) in [6.07, 6.45) is 4.01. The molecule has 0 aliphatic heterocycles. The molecule has 4 nitrogen and oxygen atoms in total.